The molecular formula is C25H19F6N7O3. The number of fused-ring (bicyclic) bond motifs is 2. The van der Waals surface area contributed by atoms with Crippen molar-refractivity contribution >= 4 is 29.2 Å². The number of rotatable bonds is 6. The Morgan fingerprint density at radius 1 is 1.10 bits per heavy atom. The monoisotopic (exact) mass is 579 g/mol. The van der Waals surface area contributed by atoms with E-state index in [0.717, 1.165) is 22.7 Å². The minimum absolute atomic E-state index is 0.0444. The van der Waals surface area contributed by atoms with Gasteiger partial charge in [0.2, 0.25) is 5.91 Å². The molecule has 214 valence electrons. The molecule has 4 N–H and O–H groups in total. The van der Waals surface area contributed by atoms with Crippen LogP contribution in [0.3, 0.4) is 0 Å². The number of aryl methyl sites for hydroxylation is 2. The van der Waals surface area contributed by atoms with Gasteiger partial charge in [0.05, 0.1) is 17.0 Å². The maximum absolute atomic E-state index is 13.8. The Hall–Kier alpha value is -4.76. The topological polar surface area (TPSA) is 148 Å². The normalized spacial score (nSPS) is 17.1. The fourth-order valence-electron chi connectivity index (χ4n) is 4.75. The Bertz CT molecular complexity index is 1740. The summed E-state index contributed by atoms with van der Waals surface area (Å²) in [6.45, 7) is 2.84. The number of anilines is 2. The lowest BCUT2D eigenvalue weighted by molar-refractivity contribution is -0.284. The molecule has 1 aliphatic rings. The molecule has 0 spiro atoms. The molecule has 1 atom stereocenters. The molecule has 0 fully saturated rings. The lowest BCUT2D eigenvalue weighted by atomic mass is 9.78. The van der Waals surface area contributed by atoms with Gasteiger partial charge in [-0.25, -0.2) is 29.1 Å². The van der Waals surface area contributed by atoms with Crippen LogP contribution in [0.15, 0.2) is 30.5 Å². The van der Waals surface area contributed by atoms with Gasteiger partial charge in [-0.05, 0) is 38.0 Å². The predicted molar refractivity (Wildman–Crippen MR) is 131 cm³/mol. The number of nitrogens with one attached hydrogen (secondary N) is 1. The first-order valence-corrected chi connectivity index (χ1v) is 11.9. The second-order valence-corrected chi connectivity index (χ2v) is 9.56. The molecule has 1 amide bonds. The van der Waals surface area contributed by atoms with Gasteiger partial charge in [-0.2, -0.15) is 22.0 Å². The summed E-state index contributed by atoms with van der Waals surface area (Å²) in [4.78, 5) is 41.6. The number of nitrogens with two attached hydrogens (primary N) is 1. The molecule has 41 heavy (non-hydrogen) atoms. The molecule has 0 radical (unpaired) electrons. The van der Waals surface area contributed by atoms with Crippen molar-refractivity contribution in [3.05, 3.63) is 64.5 Å². The van der Waals surface area contributed by atoms with Crippen molar-refractivity contribution in [1.29, 1.82) is 0 Å². The van der Waals surface area contributed by atoms with Crippen molar-refractivity contribution in [1.82, 2.24) is 24.3 Å². The molecule has 0 saturated heterocycles. The number of amides is 1. The van der Waals surface area contributed by atoms with Crippen LogP contribution in [-0.2, 0) is 16.6 Å². The molecule has 3 aromatic heterocycles. The first-order valence-electron chi connectivity index (χ1n) is 11.9. The van der Waals surface area contributed by atoms with E-state index in [1.54, 1.807) is 0 Å². The fraction of sp³-hybridized carbons (Fsp3) is 0.280. The Labute approximate surface area is 226 Å². The maximum Gasteiger partial charge on any atom is 0.453 e. The van der Waals surface area contributed by atoms with Gasteiger partial charge in [0.15, 0.2) is 17.2 Å². The minimum Gasteiger partial charge on any atom is -0.477 e. The highest BCUT2D eigenvalue weighted by Gasteiger charge is 2.56. The Morgan fingerprint density at radius 3 is 2.37 bits per heavy atom. The highest BCUT2D eigenvalue weighted by molar-refractivity contribution is 6.09. The Morgan fingerprint density at radius 2 is 1.76 bits per heavy atom. The van der Waals surface area contributed by atoms with Crippen LogP contribution in [0.5, 0.6) is 0 Å². The number of carboxylic acids is 1. The Balaban J connectivity index is 1.66. The summed E-state index contributed by atoms with van der Waals surface area (Å²) in [5, 5.41) is 12.3. The van der Waals surface area contributed by atoms with E-state index in [-0.39, 0.29) is 51.4 Å². The number of aromatic nitrogens is 5. The van der Waals surface area contributed by atoms with E-state index in [1.165, 1.54) is 26.0 Å². The second-order valence-electron chi connectivity index (χ2n) is 9.56. The van der Waals surface area contributed by atoms with Crippen LogP contribution in [0.1, 0.15) is 46.3 Å². The van der Waals surface area contributed by atoms with E-state index >= 15 is 0 Å². The molecule has 1 aliphatic heterocycles. The van der Waals surface area contributed by atoms with Gasteiger partial charge in [0.1, 0.15) is 28.6 Å². The number of carbonyl (C=O) groups is 2. The average Bonchev–Trinajstić information content (AvgIpc) is 3.35. The molecule has 4 aromatic rings. The highest BCUT2D eigenvalue weighted by atomic mass is 19.4. The van der Waals surface area contributed by atoms with Crippen molar-refractivity contribution in [3.8, 4) is 11.5 Å². The second kappa shape index (κ2) is 9.14. The van der Waals surface area contributed by atoms with Gasteiger partial charge in [0.25, 0.3) is 0 Å². The third-order valence-electron chi connectivity index (χ3n) is 6.92. The number of aromatic carboxylic acids is 1. The van der Waals surface area contributed by atoms with E-state index < -0.39 is 48.0 Å². The van der Waals surface area contributed by atoms with Crippen molar-refractivity contribution in [2.75, 3.05) is 11.1 Å². The van der Waals surface area contributed by atoms with Crippen LogP contribution in [-0.4, -0.2) is 53.4 Å². The molecule has 4 heterocycles. The minimum atomic E-state index is -5.81. The summed E-state index contributed by atoms with van der Waals surface area (Å²) in [5.41, 5.74) is 4.07. The van der Waals surface area contributed by atoms with Crippen molar-refractivity contribution in [3.63, 3.8) is 0 Å². The van der Waals surface area contributed by atoms with Crippen LogP contribution >= 0.6 is 0 Å². The zero-order valence-electron chi connectivity index (χ0n) is 21.1. The first-order chi connectivity index (χ1) is 19.0. The molecular weight excluding hydrogens is 560 g/mol. The Kier molecular flexibility index (Phi) is 6.19. The molecule has 10 nitrogen and oxygen atoms in total. The summed E-state index contributed by atoms with van der Waals surface area (Å²) >= 11 is 0. The molecule has 0 saturated carbocycles. The number of alkyl halides is 5. The largest absolute Gasteiger partial charge is 0.477 e. The zero-order valence-corrected chi connectivity index (χ0v) is 21.1. The predicted octanol–water partition coefficient (Wildman–Crippen LogP) is 4.30. The summed E-state index contributed by atoms with van der Waals surface area (Å²) in [7, 11) is 0. The standard InChI is InChI=1S/C25H19F6N7O3/c1-10-16(21(39)40)38-9-14(34-13(20(38)33-10)7-8-24(27,28)25(29,30)31)18-35-17(32)15-19(36-18)37-22(41)23(15,2)11-3-5-12(26)6-4-11/h3-6,9H,7-8H2,1-2H3,(H,39,40)(H3,32,35,36,37,41). The first kappa shape index (κ1) is 27.8. The third kappa shape index (κ3) is 4.38. The number of carbonyl (C=O) groups excluding carboxylic acids is 1. The summed E-state index contributed by atoms with van der Waals surface area (Å²) in [6.07, 6.45) is -7.30. The lowest BCUT2D eigenvalue weighted by Gasteiger charge is -2.23. The number of imidazole rings is 1. The highest BCUT2D eigenvalue weighted by Crippen LogP contribution is 2.45. The van der Waals surface area contributed by atoms with E-state index in [2.05, 4.69) is 25.3 Å². The van der Waals surface area contributed by atoms with Gasteiger partial charge < -0.3 is 16.2 Å². The lowest BCUT2D eigenvalue weighted by Crippen LogP contribution is -2.36. The van der Waals surface area contributed by atoms with E-state index in [1.807, 2.05) is 0 Å². The number of carboxylic acid groups (broad SMARTS) is 1. The van der Waals surface area contributed by atoms with Gasteiger partial charge in [0, 0.05) is 12.6 Å². The summed E-state index contributed by atoms with van der Waals surface area (Å²) in [6, 6.07) is 5.11. The van der Waals surface area contributed by atoms with Gasteiger partial charge in [-0.3, -0.25) is 9.20 Å². The van der Waals surface area contributed by atoms with Crippen LogP contribution < -0.4 is 11.1 Å². The van der Waals surface area contributed by atoms with Gasteiger partial charge >= 0.3 is 18.1 Å². The summed E-state index contributed by atoms with van der Waals surface area (Å²) in [5.74, 6) is -8.12. The van der Waals surface area contributed by atoms with Gasteiger partial charge in [-0.1, -0.05) is 12.1 Å². The van der Waals surface area contributed by atoms with E-state index in [9.17, 15) is 41.0 Å². The van der Waals surface area contributed by atoms with Crippen LogP contribution in [0.2, 0.25) is 0 Å². The number of hydrogen-bond donors (Lipinski definition) is 3. The average molecular weight is 579 g/mol. The van der Waals surface area contributed by atoms with Crippen LogP contribution in [0.4, 0.5) is 38.0 Å². The number of benzene rings is 1. The van der Waals surface area contributed by atoms with Crippen LogP contribution in [0.25, 0.3) is 17.2 Å². The van der Waals surface area contributed by atoms with E-state index in [4.69, 9.17) is 5.73 Å². The third-order valence-corrected chi connectivity index (χ3v) is 6.92. The number of nitrogen functional groups attached to an aromatic ring is 1. The van der Waals surface area contributed by atoms with Crippen molar-refractivity contribution in [2.45, 2.75) is 44.2 Å². The molecule has 0 aliphatic carbocycles. The molecule has 0 bridgehead atoms. The molecule has 5 rings (SSSR count). The number of halogens is 6. The number of nitrogens with zero attached hydrogens (tertiary/aromatic N) is 5. The van der Waals surface area contributed by atoms with E-state index in [0.29, 0.717) is 5.56 Å². The van der Waals surface area contributed by atoms with Gasteiger partial charge in [-0.15, -0.1) is 0 Å². The number of hydrogen-bond acceptors (Lipinski definition) is 7. The molecule has 1 aromatic carbocycles. The maximum atomic E-state index is 13.8. The van der Waals surface area contributed by atoms with Crippen molar-refractivity contribution < 1.29 is 41.0 Å². The SMILES string of the molecule is Cc1nc2c(CCC(F)(F)C(F)(F)F)nc(-c3nc(N)c4c(n3)NC(=O)C4(C)c3ccc(F)cc3)cn2c1C(=O)O. The fourth-order valence-corrected chi connectivity index (χ4v) is 4.75. The smallest absolute Gasteiger partial charge is 0.453 e. The molecule has 16 heteroatoms. The quantitative estimate of drug-likeness (QED) is 0.287. The zero-order chi connectivity index (χ0) is 30.1. The summed E-state index contributed by atoms with van der Waals surface area (Å²) < 4.78 is 80.5. The molecule has 1 unspecified atom stereocenters. The van der Waals surface area contributed by atoms with Crippen molar-refractivity contribution in [2.24, 2.45) is 0 Å². The van der Waals surface area contributed by atoms with Crippen LogP contribution in [0, 0.1) is 12.7 Å².